The van der Waals surface area contributed by atoms with Gasteiger partial charge in [0.15, 0.2) is 5.69 Å². The zero-order chi connectivity index (χ0) is 17.8. The zero-order valence-electron chi connectivity index (χ0n) is 14.2. The lowest BCUT2D eigenvalue weighted by Gasteiger charge is -2.29. The van der Waals surface area contributed by atoms with Crippen molar-refractivity contribution in [1.82, 2.24) is 15.8 Å². The van der Waals surface area contributed by atoms with Crippen LogP contribution in [0.5, 0.6) is 0 Å². The maximum absolute atomic E-state index is 12.2. The van der Waals surface area contributed by atoms with Gasteiger partial charge in [-0.3, -0.25) is 9.59 Å². The fourth-order valence-electron chi connectivity index (χ4n) is 3.18. The van der Waals surface area contributed by atoms with E-state index in [1.165, 1.54) is 0 Å². The first-order valence-corrected chi connectivity index (χ1v) is 9.00. The molecular formula is C17H26N4O4. The highest BCUT2D eigenvalue weighted by Crippen LogP contribution is 2.40. The van der Waals surface area contributed by atoms with Gasteiger partial charge in [-0.05, 0) is 38.5 Å². The molecular weight excluding hydrogens is 324 g/mol. The van der Waals surface area contributed by atoms with E-state index < -0.39 is 6.10 Å². The van der Waals surface area contributed by atoms with Crippen LogP contribution < -0.4 is 16.4 Å². The van der Waals surface area contributed by atoms with Gasteiger partial charge in [0.2, 0.25) is 5.91 Å². The molecule has 2 amide bonds. The molecule has 1 aromatic heterocycles. The molecule has 1 atom stereocenters. The van der Waals surface area contributed by atoms with Crippen LogP contribution in [-0.4, -0.2) is 46.8 Å². The predicted octanol–water partition coefficient (Wildman–Crippen LogP) is 0.419. The van der Waals surface area contributed by atoms with Gasteiger partial charge in [0.25, 0.3) is 5.91 Å². The van der Waals surface area contributed by atoms with Gasteiger partial charge in [-0.1, -0.05) is 5.16 Å². The highest BCUT2D eigenvalue weighted by atomic mass is 16.5. The molecule has 1 heterocycles. The van der Waals surface area contributed by atoms with Crippen molar-refractivity contribution in [3.63, 3.8) is 0 Å². The molecule has 0 aliphatic heterocycles. The van der Waals surface area contributed by atoms with E-state index in [0.29, 0.717) is 11.6 Å². The first kappa shape index (κ1) is 17.9. The van der Waals surface area contributed by atoms with Gasteiger partial charge in [0, 0.05) is 30.6 Å². The summed E-state index contributed by atoms with van der Waals surface area (Å²) < 4.78 is 5.21. The van der Waals surface area contributed by atoms with Crippen molar-refractivity contribution in [2.75, 3.05) is 6.54 Å². The molecule has 3 rings (SSSR count). The number of nitrogens with two attached hydrogens (primary N) is 1. The Morgan fingerprint density at radius 3 is 2.44 bits per heavy atom. The van der Waals surface area contributed by atoms with Gasteiger partial charge in [-0.15, -0.1) is 0 Å². The Labute approximate surface area is 146 Å². The van der Waals surface area contributed by atoms with Crippen LogP contribution in [0.2, 0.25) is 0 Å². The number of aliphatic hydroxyl groups excluding tert-OH is 1. The molecule has 0 saturated heterocycles. The molecule has 1 aromatic rings. The van der Waals surface area contributed by atoms with Crippen LogP contribution in [0, 0.1) is 0 Å². The summed E-state index contributed by atoms with van der Waals surface area (Å²) in [5, 5.41) is 19.2. The van der Waals surface area contributed by atoms with Gasteiger partial charge < -0.3 is 26.0 Å². The molecule has 2 aliphatic carbocycles. The third-order valence-corrected chi connectivity index (χ3v) is 4.86. The number of nitrogens with zero attached hydrogens (tertiary/aromatic N) is 1. The molecule has 8 heteroatoms. The summed E-state index contributed by atoms with van der Waals surface area (Å²) in [4.78, 5) is 24.0. The van der Waals surface area contributed by atoms with Gasteiger partial charge >= 0.3 is 0 Å². The van der Waals surface area contributed by atoms with Crippen LogP contribution in [0.25, 0.3) is 0 Å². The number of aliphatic hydroxyl groups is 1. The van der Waals surface area contributed by atoms with Crippen LogP contribution in [0.15, 0.2) is 10.6 Å². The fourth-order valence-corrected chi connectivity index (χ4v) is 3.18. The molecule has 0 unspecified atom stereocenters. The number of hydrogen-bond donors (Lipinski definition) is 4. The van der Waals surface area contributed by atoms with Crippen LogP contribution in [0.1, 0.15) is 67.1 Å². The predicted molar refractivity (Wildman–Crippen MR) is 89.8 cm³/mol. The molecule has 0 bridgehead atoms. The highest BCUT2D eigenvalue weighted by Gasteiger charge is 2.30. The molecule has 0 spiro atoms. The van der Waals surface area contributed by atoms with Crippen molar-refractivity contribution >= 4 is 11.8 Å². The van der Waals surface area contributed by atoms with Crippen molar-refractivity contribution < 1.29 is 19.2 Å². The number of carbonyl (C=O) groups is 2. The number of aromatic nitrogens is 1. The van der Waals surface area contributed by atoms with Gasteiger partial charge in [0.1, 0.15) is 5.76 Å². The smallest absolute Gasteiger partial charge is 0.273 e. The molecule has 0 radical (unpaired) electrons. The fraction of sp³-hybridized carbons (Fsp3) is 0.706. The first-order valence-electron chi connectivity index (χ1n) is 9.00. The summed E-state index contributed by atoms with van der Waals surface area (Å²) in [7, 11) is 0. The Kier molecular flexibility index (Phi) is 5.70. The van der Waals surface area contributed by atoms with E-state index >= 15 is 0 Å². The molecule has 5 N–H and O–H groups in total. The van der Waals surface area contributed by atoms with Gasteiger partial charge in [-0.2, -0.15) is 0 Å². The minimum atomic E-state index is -0.793. The minimum Gasteiger partial charge on any atom is -0.391 e. The lowest BCUT2D eigenvalue weighted by atomic mass is 9.91. The van der Waals surface area contributed by atoms with E-state index in [-0.39, 0.29) is 36.9 Å². The molecule has 138 valence electrons. The second kappa shape index (κ2) is 7.97. The van der Waals surface area contributed by atoms with E-state index in [0.717, 1.165) is 44.3 Å². The summed E-state index contributed by atoms with van der Waals surface area (Å²) in [5.74, 6) is 0.858. The third kappa shape index (κ3) is 5.02. The molecule has 2 saturated carbocycles. The van der Waals surface area contributed by atoms with Crippen LogP contribution in [0.3, 0.4) is 0 Å². The molecule has 0 aromatic carbocycles. The molecule has 25 heavy (non-hydrogen) atoms. The highest BCUT2D eigenvalue weighted by molar-refractivity contribution is 5.92. The second-order valence-electron chi connectivity index (χ2n) is 7.07. The van der Waals surface area contributed by atoms with E-state index in [1.54, 1.807) is 6.07 Å². The topological polar surface area (TPSA) is 130 Å². The summed E-state index contributed by atoms with van der Waals surface area (Å²) >= 11 is 0. The molecule has 8 nitrogen and oxygen atoms in total. The van der Waals surface area contributed by atoms with Crippen molar-refractivity contribution in [2.45, 2.75) is 69.1 Å². The summed E-state index contributed by atoms with van der Waals surface area (Å²) in [6, 6.07) is 1.90. The Bertz CT molecular complexity index is 606. The minimum absolute atomic E-state index is 0.0304. The summed E-state index contributed by atoms with van der Waals surface area (Å²) in [5.41, 5.74) is 5.65. The third-order valence-electron chi connectivity index (χ3n) is 4.86. The monoisotopic (exact) mass is 350 g/mol. The average Bonchev–Trinajstić information content (AvgIpc) is 3.33. The van der Waals surface area contributed by atoms with E-state index in [1.807, 2.05) is 0 Å². The summed E-state index contributed by atoms with van der Waals surface area (Å²) in [6.45, 7) is 0.0801. The van der Waals surface area contributed by atoms with Crippen molar-refractivity contribution in [2.24, 2.45) is 5.73 Å². The largest absolute Gasteiger partial charge is 0.391 e. The number of hydrogen-bond acceptors (Lipinski definition) is 6. The van der Waals surface area contributed by atoms with Crippen molar-refractivity contribution in [1.29, 1.82) is 0 Å². The Hall–Kier alpha value is -1.93. The lowest BCUT2D eigenvalue weighted by Crippen LogP contribution is -2.44. The standard InChI is InChI=1S/C17H26N4O4/c18-9-13(22)7-16(23)19-11-3-5-12(6-4-11)20-17(24)14-8-15(25-21-14)10-1-2-10/h8,10-13,22H,1-7,9,18H2,(H,19,23)(H,20,24)/t11-,12-,13-/m0/s1. The Balaban J connectivity index is 1.39. The maximum atomic E-state index is 12.2. The number of rotatable bonds is 7. The Morgan fingerprint density at radius 1 is 1.20 bits per heavy atom. The van der Waals surface area contributed by atoms with E-state index in [2.05, 4.69) is 15.8 Å². The maximum Gasteiger partial charge on any atom is 0.273 e. The van der Waals surface area contributed by atoms with Gasteiger partial charge in [-0.25, -0.2) is 0 Å². The van der Waals surface area contributed by atoms with Gasteiger partial charge in [0.05, 0.1) is 12.5 Å². The SMILES string of the molecule is NC[C@@H](O)CC(=O)N[C@H]1CC[C@H](NC(=O)c2cc(C3CC3)on2)CC1. The average molecular weight is 350 g/mol. The summed E-state index contributed by atoms with van der Waals surface area (Å²) in [6.07, 6.45) is 4.62. The van der Waals surface area contributed by atoms with E-state index in [4.69, 9.17) is 10.3 Å². The number of nitrogens with one attached hydrogen (secondary N) is 2. The van der Waals surface area contributed by atoms with Crippen molar-refractivity contribution in [3.05, 3.63) is 17.5 Å². The first-order chi connectivity index (χ1) is 12.0. The Morgan fingerprint density at radius 2 is 1.84 bits per heavy atom. The lowest BCUT2D eigenvalue weighted by molar-refractivity contribution is -0.123. The number of amides is 2. The zero-order valence-corrected chi connectivity index (χ0v) is 14.2. The second-order valence-corrected chi connectivity index (χ2v) is 7.07. The van der Waals surface area contributed by atoms with Crippen LogP contribution in [-0.2, 0) is 4.79 Å². The quantitative estimate of drug-likeness (QED) is 0.564. The molecule has 2 aliphatic rings. The number of carbonyl (C=O) groups excluding carboxylic acids is 2. The van der Waals surface area contributed by atoms with Crippen LogP contribution >= 0.6 is 0 Å². The normalized spacial score (nSPS) is 24.6. The van der Waals surface area contributed by atoms with Crippen molar-refractivity contribution in [3.8, 4) is 0 Å². The molecule has 2 fully saturated rings. The van der Waals surface area contributed by atoms with Crippen LogP contribution in [0.4, 0.5) is 0 Å². The van der Waals surface area contributed by atoms with E-state index in [9.17, 15) is 14.7 Å².